The molecule has 0 fully saturated rings. The molecule has 0 unspecified atom stereocenters. The van der Waals surface area contributed by atoms with Crippen molar-refractivity contribution in [2.75, 3.05) is 0 Å². The second-order valence-corrected chi connectivity index (χ2v) is 6.64. The van der Waals surface area contributed by atoms with Crippen molar-refractivity contribution in [1.29, 1.82) is 0 Å². The first kappa shape index (κ1) is 17.4. The molecule has 3 nitrogen and oxygen atoms in total. The monoisotopic (exact) mass is 336 g/mol. The Kier molecular flexibility index (Phi) is 5.32. The Morgan fingerprint density at radius 1 is 0.680 bits per heavy atom. The molecule has 0 bridgehead atoms. The summed E-state index contributed by atoms with van der Waals surface area (Å²) in [6.45, 7) is 4.28. The van der Waals surface area contributed by atoms with Crippen LogP contribution in [-0.2, 0) is 12.8 Å². The molecule has 0 amide bonds. The average molecular weight is 336 g/mol. The molecule has 0 atom stereocenters. The summed E-state index contributed by atoms with van der Waals surface area (Å²) in [6, 6.07) is 11.7. The maximum Gasteiger partial charge on any atom is 0.346 e. The molecule has 0 aliphatic carbocycles. The van der Waals surface area contributed by atoms with Gasteiger partial charge in [0.25, 0.3) is 0 Å². The van der Waals surface area contributed by atoms with Crippen LogP contribution < -0.4 is 11.3 Å². The summed E-state index contributed by atoms with van der Waals surface area (Å²) in [5, 5.41) is 2.55. The van der Waals surface area contributed by atoms with Crippen LogP contribution in [0.4, 0.5) is 0 Å². The Morgan fingerprint density at radius 2 is 1.12 bits per heavy atom. The van der Waals surface area contributed by atoms with Crippen molar-refractivity contribution >= 4 is 21.5 Å². The first-order valence-electron chi connectivity index (χ1n) is 9.16. The zero-order valence-electron chi connectivity index (χ0n) is 14.9. The van der Waals surface area contributed by atoms with Gasteiger partial charge in [-0.05, 0) is 59.7 Å². The van der Waals surface area contributed by atoms with Gasteiger partial charge in [0.15, 0.2) is 0 Å². The van der Waals surface area contributed by atoms with Crippen molar-refractivity contribution in [3.8, 4) is 0 Å². The zero-order chi connectivity index (χ0) is 17.8. The molecule has 25 heavy (non-hydrogen) atoms. The lowest BCUT2D eigenvalue weighted by molar-refractivity contribution is 0.491. The van der Waals surface area contributed by atoms with Gasteiger partial charge in [-0.15, -0.1) is 0 Å². The van der Waals surface area contributed by atoms with Crippen LogP contribution in [0.2, 0.25) is 0 Å². The normalized spacial score (nSPS) is 11.3. The lowest BCUT2D eigenvalue weighted by Gasteiger charge is -2.03. The van der Waals surface area contributed by atoms with E-state index in [1.807, 2.05) is 36.4 Å². The lowest BCUT2D eigenvalue weighted by atomic mass is 10.00. The van der Waals surface area contributed by atoms with Crippen molar-refractivity contribution in [3.63, 3.8) is 0 Å². The molecule has 3 rings (SSSR count). The Bertz CT molecular complexity index is 934. The first-order valence-corrected chi connectivity index (χ1v) is 9.16. The van der Waals surface area contributed by atoms with E-state index < -0.39 is 11.3 Å². The van der Waals surface area contributed by atoms with Crippen LogP contribution >= 0.6 is 0 Å². The highest BCUT2D eigenvalue weighted by molar-refractivity contribution is 6.05. The van der Waals surface area contributed by atoms with E-state index in [1.54, 1.807) is 0 Å². The molecule has 3 heteroatoms. The van der Waals surface area contributed by atoms with Crippen molar-refractivity contribution < 1.29 is 4.42 Å². The summed E-state index contributed by atoms with van der Waals surface area (Å²) in [5.41, 5.74) is 1.11. The standard InChI is InChI=1S/C22H24O3/c1-3-5-7-15-9-11-17-18-12-10-16(8-6-4-2)14-20(18)22(24)25-21(23)19(17)13-15/h9-14H,3-8H2,1-2H3. The SMILES string of the molecule is CCCCc1ccc2c(c1)c(=O)oc(=O)c1cc(CCCC)ccc12. The third kappa shape index (κ3) is 3.65. The van der Waals surface area contributed by atoms with Gasteiger partial charge < -0.3 is 4.42 Å². The second-order valence-electron chi connectivity index (χ2n) is 6.64. The van der Waals surface area contributed by atoms with Gasteiger partial charge in [0.1, 0.15) is 0 Å². The molecule has 0 saturated heterocycles. The summed E-state index contributed by atoms with van der Waals surface area (Å²) in [4.78, 5) is 24.8. The van der Waals surface area contributed by atoms with Gasteiger partial charge in [-0.2, -0.15) is 0 Å². The minimum absolute atomic E-state index is 0.488. The molecular weight excluding hydrogens is 312 g/mol. The van der Waals surface area contributed by atoms with Crippen molar-refractivity contribution in [2.24, 2.45) is 0 Å². The van der Waals surface area contributed by atoms with Crippen molar-refractivity contribution in [2.45, 2.75) is 52.4 Å². The highest BCUT2D eigenvalue weighted by atomic mass is 16.4. The molecule has 0 radical (unpaired) electrons. The Hall–Kier alpha value is -2.42. The van der Waals surface area contributed by atoms with E-state index in [9.17, 15) is 9.59 Å². The van der Waals surface area contributed by atoms with Gasteiger partial charge in [-0.25, -0.2) is 9.59 Å². The van der Waals surface area contributed by atoms with Gasteiger partial charge in [0.2, 0.25) is 0 Å². The molecule has 1 aromatic heterocycles. The quantitative estimate of drug-likeness (QED) is 0.637. The van der Waals surface area contributed by atoms with Crippen LogP contribution in [-0.4, -0.2) is 0 Å². The Labute approximate surface area is 147 Å². The molecule has 0 aliphatic heterocycles. The minimum Gasteiger partial charge on any atom is -0.386 e. The molecule has 1 heterocycles. The number of rotatable bonds is 6. The lowest BCUT2D eigenvalue weighted by Crippen LogP contribution is -2.05. The summed E-state index contributed by atoms with van der Waals surface area (Å²) in [7, 11) is 0. The predicted molar refractivity (Wildman–Crippen MR) is 103 cm³/mol. The fraction of sp³-hybridized carbons (Fsp3) is 0.364. The third-order valence-electron chi connectivity index (χ3n) is 4.72. The van der Waals surface area contributed by atoms with Crippen molar-refractivity contribution in [1.82, 2.24) is 0 Å². The number of hydrogen-bond acceptors (Lipinski definition) is 3. The fourth-order valence-electron chi connectivity index (χ4n) is 3.26. The number of unbranched alkanes of at least 4 members (excludes halogenated alkanes) is 2. The van der Waals surface area contributed by atoms with E-state index in [2.05, 4.69) is 13.8 Å². The predicted octanol–water partition coefficient (Wildman–Crippen LogP) is 4.99. The smallest absolute Gasteiger partial charge is 0.346 e. The van der Waals surface area contributed by atoms with Crippen LogP contribution in [0.5, 0.6) is 0 Å². The van der Waals surface area contributed by atoms with Gasteiger partial charge in [0.05, 0.1) is 10.8 Å². The van der Waals surface area contributed by atoms with Crippen LogP contribution in [0.3, 0.4) is 0 Å². The van der Waals surface area contributed by atoms with Gasteiger partial charge >= 0.3 is 11.3 Å². The Morgan fingerprint density at radius 3 is 1.52 bits per heavy atom. The summed E-state index contributed by atoms with van der Waals surface area (Å²) < 4.78 is 5.11. The zero-order valence-corrected chi connectivity index (χ0v) is 14.9. The van der Waals surface area contributed by atoms with Gasteiger partial charge in [-0.1, -0.05) is 51.0 Å². The van der Waals surface area contributed by atoms with Crippen LogP contribution in [0.25, 0.3) is 21.5 Å². The van der Waals surface area contributed by atoms with E-state index in [0.29, 0.717) is 10.8 Å². The molecule has 3 aromatic rings. The number of benzene rings is 2. The van der Waals surface area contributed by atoms with E-state index in [0.717, 1.165) is 60.4 Å². The average Bonchev–Trinajstić information content (AvgIpc) is 2.73. The highest BCUT2D eigenvalue weighted by Gasteiger charge is 2.09. The first-order chi connectivity index (χ1) is 12.1. The molecule has 0 saturated carbocycles. The highest BCUT2D eigenvalue weighted by Crippen LogP contribution is 2.23. The number of fused-ring (bicyclic) bond motifs is 3. The van der Waals surface area contributed by atoms with E-state index in [-0.39, 0.29) is 0 Å². The minimum atomic E-state index is -0.551. The van der Waals surface area contributed by atoms with Crippen LogP contribution in [0.1, 0.15) is 50.7 Å². The molecule has 130 valence electrons. The van der Waals surface area contributed by atoms with E-state index in [1.165, 1.54) is 0 Å². The largest absolute Gasteiger partial charge is 0.386 e. The third-order valence-corrected chi connectivity index (χ3v) is 4.72. The molecule has 2 aromatic carbocycles. The second kappa shape index (κ2) is 7.64. The maximum absolute atomic E-state index is 12.4. The summed E-state index contributed by atoms with van der Waals surface area (Å²) in [5.74, 6) is 0. The van der Waals surface area contributed by atoms with Crippen LogP contribution in [0.15, 0.2) is 50.4 Å². The number of aryl methyl sites for hydroxylation is 2. The van der Waals surface area contributed by atoms with Gasteiger partial charge in [-0.3, -0.25) is 0 Å². The topological polar surface area (TPSA) is 47.3 Å². The summed E-state index contributed by atoms with van der Waals surface area (Å²) in [6.07, 6.45) is 6.20. The maximum atomic E-state index is 12.4. The van der Waals surface area contributed by atoms with Crippen LogP contribution in [0, 0.1) is 0 Å². The fourth-order valence-corrected chi connectivity index (χ4v) is 3.26. The Balaban J connectivity index is 2.26. The van der Waals surface area contributed by atoms with Gasteiger partial charge in [0, 0.05) is 0 Å². The molecule has 0 N–H and O–H groups in total. The van der Waals surface area contributed by atoms with Crippen molar-refractivity contribution in [3.05, 3.63) is 68.4 Å². The molecule has 0 spiro atoms. The molecular formula is C22H24O3. The number of hydrogen-bond donors (Lipinski definition) is 0. The molecule has 0 aliphatic rings. The van der Waals surface area contributed by atoms with E-state index in [4.69, 9.17) is 4.42 Å². The summed E-state index contributed by atoms with van der Waals surface area (Å²) >= 11 is 0. The van der Waals surface area contributed by atoms with E-state index >= 15 is 0 Å².